The molecule has 0 saturated heterocycles. The molecule has 0 saturated carbocycles. The first-order chi connectivity index (χ1) is 7.99. The van der Waals surface area contributed by atoms with Gasteiger partial charge in [0.1, 0.15) is 6.29 Å². The van der Waals surface area contributed by atoms with Crippen LogP contribution in [0.3, 0.4) is 0 Å². The Bertz CT molecular complexity index is 252. The smallest absolute Gasteiger partial charge is 0.246 e. The summed E-state index contributed by atoms with van der Waals surface area (Å²) in [5, 5.41) is 0.467. The van der Waals surface area contributed by atoms with Gasteiger partial charge in [0.25, 0.3) is 0 Å². The van der Waals surface area contributed by atoms with Crippen molar-refractivity contribution in [3.63, 3.8) is 0 Å². The number of hydrogen-bond acceptors (Lipinski definition) is 4. The molecule has 17 heavy (non-hydrogen) atoms. The van der Waals surface area contributed by atoms with Crippen LogP contribution in [0, 0.1) is 0 Å². The summed E-state index contributed by atoms with van der Waals surface area (Å²) < 4.78 is 14.2. The van der Waals surface area contributed by atoms with Crippen molar-refractivity contribution in [2.75, 3.05) is 20.1 Å². The van der Waals surface area contributed by atoms with E-state index in [0.717, 1.165) is 12.2 Å². The normalized spacial score (nSPS) is 10.4. The third kappa shape index (κ3) is 11.0. The van der Waals surface area contributed by atoms with Gasteiger partial charge in [-0.2, -0.15) is 0 Å². The van der Waals surface area contributed by atoms with Gasteiger partial charge in [0.05, 0.1) is 52.3 Å². The zero-order valence-electron chi connectivity index (χ0n) is 9.94. The quantitative estimate of drug-likeness (QED) is 0.196. The van der Waals surface area contributed by atoms with Crippen molar-refractivity contribution in [1.29, 1.82) is 0 Å². The first-order valence-electron chi connectivity index (χ1n) is 4.91. The SMILES string of the molecule is CC.CN(CCN(F)N(I)I)C(=O)/C=C\C=O. The topological polar surface area (TPSA) is 43.9 Å². The second kappa shape index (κ2) is 12.6. The summed E-state index contributed by atoms with van der Waals surface area (Å²) in [7, 11) is 1.54. The molecule has 0 aromatic heterocycles. The fraction of sp³-hybridized carbons (Fsp3) is 0.556. The van der Waals surface area contributed by atoms with Crippen molar-refractivity contribution in [2.45, 2.75) is 13.8 Å². The summed E-state index contributed by atoms with van der Waals surface area (Å²) in [6, 6.07) is 0. The van der Waals surface area contributed by atoms with E-state index in [1.807, 2.05) is 13.8 Å². The molecule has 0 atom stereocenters. The Kier molecular flexibility index (Phi) is 14.5. The van der Waals surface area contributed by atoms with Crippen LogP contribution in [-0.4, -0.2) is 43.9 Å². The minimum absolute atomic E-state index is 0.0725. The lowest BCUT2D eigenvalue weighted by atomic mass is 10.4. The average Bonchev–Trinajstić information content (AvgIpc) is 2.34. The van der Waals surface area contributed by atoms with Gasteiger partial charge in [0.15, 0.2) is 0 Å². The van der Waals surface area contributed by atoms with Crippen LogP contribution in [0.2, 0.25) is 0 Å². The van der Waals surface area contributed by atoms with Crippen molar-refractivity contribution in [2.24, 2.45) is 0 Å². The second-order valence-electron chi connectivity index (χ2n) is 2.53. The number of likely N-dealkylation sites (N-methyl/N-ethyl adjacent to an activating group) is 1. The summed E-state index contributed by atoms with van der Waals surface area (Å²) in [5.41, 5.74) is 0. The third-order valence-corrected chi connectivity index (χ3v) is 2.41. The number of amides is 1. The van der Waals surface area contributed by atoms with Crippen LogP contribution in [0.4, 0.5) is 4.48 Å². The van der Waals surface area contributed by atoms with Crippen molar-refractivity contribution >= 4 is 57.9 Å². The predicted molar refractivity (Wildman–Crippen MR) is 81.9 cm³/mol. The molecular weight excluding hydrogens is 455 g/mol. The lowest BCUT2D eigenvalue weighted by Crippen LogP contribution is -2.34. The minimum atomic E-state index is -0.330. The number of halogens is 3. The monoisotopic (exact) mass is 471 g/mol. The Morgan fingerprint density at radius 3 is 2.24 bits per heavy atom. The number of rotatable bonds is 6. The van der Waals surface area contributed by atoms with Crippen molar-refractivity contribution in [3.05, 3.63) is 12.2 Å². The first-order valence-corrected chi connectivity index (χ1v) is 6.84. The third-order valence-electron chi connectivity index (χ3n) is 1.48. The van der Waals surface area contributed by atoms with Gasteiger partial charge in [-0.1, -0.05) is 20.5 Å². The number of allylic oxidation sites excluding steroid dienone is 1. The van der Waals surface area contributed by atoms with Crippen LogP contribution in [0.5, 0.6) is 0 Å². The number of hydrazine groups is 1. The maximum Gasteiger partial charge on any atom is 0.246 e. The lowest BCUT2D eigenvalue weighted by Gasteiger charge is -2.19. The van der Waals surface area contributed by atoms with Gasteiger partial charge >= 0.3 is 0 Å². The standard InChI is InChI=1S/C7H10FI2N3O2.C2H6/c1-11(7(15)3-2-6-14)4-5-12(8)13(9)10;1-2/h2-3,6H,4-5H2,1H3;1-2H3/b3-2-;. The predicted octanol–water partition coefficient (Wildman–Crippen LogP) is 2.33. The molecule has 100 valence electrons. The molecule has 0 spiro atoms. The van der Waals surface area contributed by atoms with Crippen molar-refractivity contribution in [3.8, 4) is 0 Å². The molecule has 0 aromatic rings. The van der Waals surface area contributed by atoms with Crippen LogP contribution in [0.25, 0.3) is 0 Å². The molecule has 0 fully saturated rings. The van der Waals surface area contributed by atoms with Gasteiger partial charge in [-0.3, -0.25) is 9.59 Å². The van der Waals surface area contributed by atoms with E-state index in [2.05, 4.69) is 0 Å². The van der Waals surface area contributed by atoms with Crippen molar-refractivity contribution < 1.29 is 14.1 Å². The number of carbonyl (C=O) groups excluding carboxylic acids is 2. The minimum Gasteiger partial charge on any atom is -0.341 e. The molecule has 0 rings (SSSR count). The Morgan fingerprint density at radius 2 is 1.82 bits per heavy atom. The summed E-state index contributed by atoms with van der Waals surface area (Å²) in [6.45, 7) is 4.31. The van der Waals surface area contributed by atoms with Crippen LogP contribution in [0.1, 0.15) is 13.8 Å². The van der Waals surface area contributed by atoms with Crippen LogP contribution in [0.15, 0.2) is 12.2 Å². The maximum absolute atomic E-state index is 12.9. The molecule has 0 aliphatic carbocycles. The Hall–Kier alpha value is 0.190. The van der Waals surface area contributed by atoms with E-state index in [0.29, 0.717) is 11.5 Å². The summed E-state index contributed by atoms with van der Waals surface area (Å²) >= 11 is 3.52. The van der Waals surface area contributed by atoms with E-state index in [1.165, 1.54) is 13.4 Å². The molecular formula is C9H16FI2N3O2. The zero-order valence-corrected chi connectivity index (χ0v) is 14.3. The summed E-state index contributed by atoms with van der Waals surface area (Å²) in [4.78, 5) is 22.5. The molecule has 0 N–H and O–H groups in total. The fourth-order valence-corrected chi connectivity index (χ4v) is 1.10. The Labute approximate surface area is 129 Å². The second-order valence-corrected chi connectivity index (χ2v) is 6.20. The van der Waals surface area contributed by atoms with Gasteiger partial charge in [-0.05, 0) is 6.08 Å². The molecule has 0 aliphatic rings. The van der Waals surface area contributed by atoms with E-state index in [-0.39, 0.29) is 19.0 Å². The van der Waals surface area contributed by atoms with Gasteiger partial charge in [-0.25, -0.2) is 0 Å². The number of nitrogens with zero attached hydrogens (tertiary/aromatic N) is 3. The lowest BCUT2D eigenvalue weighted by molar-refractivity contribution is -0.126. The van der Waals surface area contributed by atoms with Gasteiger partial charge in [0, 0.05) is 19.7 Å². The highest BCUT2D eigenvalue weighted by Gasteiger charge is 2.11. The molecule has 0 aliphatic heterocycles. The van der Waals surface area contributed by atoms with Crippen LogP contribution < -0.4 is 0 Å². The molecule has 0 bridgehead atoms. The number of carbonyl (C=O) groups is 2. The van der Waals surface area contributed by atoms with Crippen LogP contribution >= 0.6 is 45.7 Å². The molecule has 8 heteroatoms. The molecule has 0 aromatic carbocycles. The van der Waals surface area contributed by atoms with Gasteiger partial charge < -0.3 is 4.90 Å². The van der Waals surface area contributed by atoms with E-state index >= 15 is 0 Å². The van der Waals surface area contributed by atoms with Gasteiger partial charge in [-0.15, -0.1) is 4.48 Å². The fourth-order valence-electron chi connectivity index (χ4n) is 0.667. The Morgan fingerprint density at radius 1 is 1.29 bits per heavy atom. The first kappa shape index (κ1) is 19.5. The molecule has 0 radical (unpaired) electrons. The molecule has 0 heterocycles. The van der Waals surface area contributed by atoms with E-state index in [9.17, 15) is 14.1 Å². The highest BCUT2D eigenvalue weighted by atomic mass is 127. The summed E-state index contributed by atoms with van der Waals surface area (Å²) in [6.07, 6.45) is 2.76. The van der Waals surface area contributed by atoms with E-state index in [1.54, 1.807) is 45.7 Å². The zero-order chi connectivity index (χ0) is 13.8. The molecule has 1 amide bonds. The largest absolute Gasteiger partial charge is 0.341 e. The van der Waals surface area contributed by atoms with Crippen LogP contribution in [-0.2, 0) is 9.59 Å². The van der Waals surface area contributed by atoms with E-state index in [4.69, 9.17) is 0 Å². The number of aldehydes is 1. The van der Waals surface area contributed by atoms with E-state index < -0.39 is 0 Å². The Balaban J connectivity index is 0. The average molecular weight is 471 g/mol. The van der Waals surface area contributed by atoms with Crippen molar-refractivity contribution in [1.82, 2.24) is 11.6 Å². The van der Waals surface area contributed by atoms with Gasteiger partial charge in [0.2, 0.25) is 5.91 Å². The maximum atomic E-state index is 12.9. The highest BCUT2D eigenvalue weighted by molar-refractivity contribution is 14.2. The molecule has 0 unspecified atom stereocenters. The number of hydrogen-bond donors (Lipinski definition) is 0. The summed E-state index contributed by atoms with van der Waals surface area (Å²) in [5.74, 6) is -0.330. The highest BCUT2D eigenvalue weighted by Crippen LogP contribution is 2.12. The molecule has 5 nitrogen and oxygen atoms in total.